The maximum absolute atomic E-state index is 12.4. The van der Waals surface area contributed by atoms with Gasteiger partial charge in [0, 0.05) is 12.9 Å². The molecule has 1 aromatic rings. The summed E-state index contributed by atoms with van der Waals surface area (Å²) in [6, 6.07) is 3.43. The molecule has 0 aliphatic heterocycles. The lowest BCUT2D eigenvalue weighted by atomic mass is 10.3. The molecule has 0 saturated heterocycles. The van der Waals surface area contributed by atoms with Crippen LogP contribution < -0.4 is 4.18 Å². The minimum Gasteiger partial charge on any atom is -0.423 e. The van der Waals surface area contributed by atoms with E-state index in [-0.39, 0.29) is 0 Å². The van der Waals surface area contributed by atoms with E-state index >= 15 is 0 Å². The summed E-state index contributed by atoms with van der Waals surface area (Å²) in [5.74, 6) is -1.98. The van der Waals surface area contributed by atoms with Crippen molar-refractivity contribution in [1.29, 1.82) is 0 Å². The van der Waals surface area contributed by atoms with Gasteiger partial charge in [-0.3, -0.25) is 0 Å². The van der Waals surface area contributed by atoms with Gasteiger partial charge in [0.25, 0.3) is 0 Å². The fraction of sp³-hybridized carbons (Fsp3) is 0. The zero-order valence-electron chi connectivity index (χ0n) is 4.84. The Bertz CT molecular complexity index is 219. The van der Waals surface area contributed by atoms with Crippen molar-refractivity contribution in [2.45, 2.75) is 0 Å². The quantitative estimate of drug-likeness (QED) is 0.492. The molecule has 10 heavy (non-hydrogen) atoms. The Labute approximate surface area is 62.2 Å². The van der Waals surface area contributed by atoms with Crippen LogP contribution in [0.3, 0.4) is 0 Å². The molecule has 0 spiro atoms. The zero-order valence-corrected chi connectivity index (χ0v) is 5.74. The summed E-state index contributed by atoms with van der Waals surface area (Å²) in [6.45, 7) is 0. The van der Waals surface area contributed by atoms with Gasteiger partial charge in [-0.2, -0.15) is 0 Å². The Hall–Kier alpha value is -0.770. The summed E-state index contributed by atoms with van der Waals surface area (Å²) in [5, 5.41) is 0. The molecule has 0 N–H and O–H groups in total. The van der Waals surface area contributed by atoms with Gasteiger partial charge in [-0.1, -0.05) is 6.07 Å². The number of thiol groups is 1. The predicted molar refractivity (Wildman–Crippen MR) is 36.0 cm³/mol. The Kier molecular flexibility index (Phi) is 2.11. The lowest BCUT2D eigenvalue weighted by molar-refractivity contribution is 0.492. The Morgan fingerprint density at radius 3 is 2.00 bits per heavy atom. The lowest BCUT2D eigenvalue weighted by Gasteiger charge is -1.98. The number of para-hydroxylation sites is 1. The Morgan fingerprint density at radius 2 is 1.70 bits per heavy atom. The second kappa shape index (κ2) is 2.88. The van der Waals surface area contributed by atoms with Crippen LogP contribution in [0, 0.1) is 11.6 Å². The topological polar surface area (TPSA) is 9.23 Å². The van der Waals surface area contributed by atoms with E-state index in [9.17, 15) is 8.78 Å². The van der Waals surface area contributed by atoms with E-state index in [1.165, 1.54) is 6.07 Å². The predicted octanol–water partition coefficient (Wildman–Crippen LogP) is 2.19. The third-order valence-electron chi connectivity index (χ3n) is 1.01. The van der Waals surface area contributed by atoms with Gasteiger partial charge in [-0.25, -0.2) is 8.78 Å². The van der Waals surface area contributed by atoms with Crippen molar-refractivity contribution in [3.05, 3.63) is 29.8 Å². The molecule has 0 radical (unpaired) electrons. The molecule has 1 aromatic carbocycles. The SMILES string of the molecule is Fc1cccc(F)c1OS. The van der Waals surface area contributed by atoms with E-state index in [1.54, 1.807) is 0 Å². The van der Waals surface area contributed by atoms with E-state index in [4.69, 9.17) is 0 Å². The molecular weight excluding hydrogens is 158 g/mol. The number of hydrogen-bond donors (Lipinski definition) is 1. The average Bonchev–Trinajstić information content (AvgIpc) is 1.88. The Balaban J connectivity index is 3.17. The molecule has 0 bridgehead atoms. The third kappa shape index (κ3) is 1.21. The van der Waals surface area contributed by atoms with Crippen molar-refractivity contribution < 1.29 is 13.0 Å². The third-order valence-corrected chi connectivity index (χ3v) is 1.19. The number of benzene rings is 1. The van der Waals surface area contributed by atoms with Crippen LogP contribution in [-0.4, -0.2) is 0 Å². The standard InChI is InChI=1S/C6H4F2OS/c7-4-2-1-3-5(8)6(4)9-10/h1-3,10H. The molecule has 0 atom stereocenters. The second-order valence-corrected chi connectivity index (χ2v) is 1.82. The summed E-state index contributed by atoms with van der Waals surface area (Å²) in [6.07, 6.45) is 0. The van der Waals surface area contributed by atoms with Crippen LogP contribution in [0.4, 0.5) is 8.78 Å². The van der Waals surface area contributed by atoms with Gasteiger partial charge in [-0.05, 0) is 12.1 Å². The highest BCUT2D eigenvalue weighted by Gasteiger charge is 2.06. The highest BCUT2D eigenvalue weighted by atomic mass is 32.1. The molecule has 1 nitrogen and oxygen atoms in total. The largest absolute Gasteiger partial charge is 0.423 e. The average molecular weight is 162 g/mol. The van der Waals surface area contributed by atoms with Crippen LogP contribution in [-0.2, 0) is 0 Å². The van der Waals surface area contributed by atoms with Crippen molar-refractivity contribution in [2.24, 2.45) is 0 Å². The maximum atomic E-state index is 12.4. The van der Waals surface area contributed by atoms with Crippen molar-refractivity contribution in [3.8, 4) is 5.75 Å². The summed E-state index contributed by atoms with van der Waals surface area (Å²) < 4.78 is 29.0. The van der Waals surface area contributed by atoms with Gasteiger partial charge in [0.2, 0.25) is 5.75 Å². The molecular formula is C6H4F2OS. The van der Waals surface area contributed by atoms with Gasteiger partial charge in [0.15, 0.2) is 11.6 Å². The summed E-state index contributed by atoms with van der Waals surface area (Å²) in [7, 11) is 0. The van der Waals surface area contributed by atoms with Gasteiger partial charge < -0.3 is 4.18 Å². The molecule has 0 unspecified atom stereocenters. The molecule has 0 aliphatic rings. The normalized spacial score (nSPS) is 9.50. The maximum Gasteiger partial charge on any atom is 0.208 e. The summed E-state index contributed by atoms with van der Waals surface area (Å²) >= 11 is 3.27. The van der Waals surface area contributed by atoms with Gasteiger partial charge in [0.1, 0.15) is 0 Å². The van der Waals surface area contributed by atoms with E-state index in [2.05, 4.69) is 17.1 Å². The van der Waals surface area contributed by atoms with Crippen LogP contribution in [0.5, 0.6) is 5.75 Å². The van der Waals surface area contributed by atoms with Crippen molar-refractivity contribution >= 4 is 12.9 Å². The van der Waals surface area contributed by atoms with Gasteiger partial charge >= 0.3 is 0 Å². The van der Waals surface area contributed by atoms with Crippen LogP contribution in [0.15, 0.2) is 18.2 Å². The van der Waals surface area contributed by atoms with Crippen LogP contribution in [0.25, 0.3) is 0 Å². The smallest absolute Gasteiger partial charge is 0.208 e. The van der Waals surface area contributed by atoms with Crippen molar-refractivity contribution in [2.75, 3.05) is 0 Å². The van der Waals surface area contributed by atoms with Crippen LogP contribution >= 0.6 is 12.9 Å². The molecule has 54 valence electrons. The van der Waals surface area contributed by atoms with E-state index in [0.29, 0.717) is 0 Å². The molecule has 0 heterocycles. The molecule has 4 heteroatoms. The van der Waals surface area contributed by atoms with Gasteiger partial charge in [-0.15, -0.1) is 0 Å². The van der Waals surface area contributed by atoms with E-state index < -0.39 is 17.4 Å². The first kappa shape index (κ1) is 7.34. The fourth-order valence-electron chi connectivity index (χ4n) is 0.570. The van der Waals surface area contributed by atoms with Crippen LogP contribution in [0.2, 0.25) is 0 Å². The second-order valence-electron chi connectivity index (χ2n) is 1.64. The minimum absolute atomic E-state index is 0.467. The molecule has 1 rings (SSSR count). The summed E-state index contributed by atoms with van der Waals surface area (Å²) in [4.78, 5) is 0. The van der Waals surface area contributed by atoms with Crippen molar-refractivity contribution in [3.63, 3.8) is 0 Å². The van der Waals surface area contributed by atoms with E-state index in [0.717, 1.165) is 12.1 Å². The molecule has 0 saturated carbocycles. The summed E-state index contributed by atoms with van der Waals surface area (Å²) in [5.41, 5.74) is 0. The fourth-order valence-corrected chi connectivity index (χ4v) is 0.744. The highest BCUT2D eigenvalue weighted by molar-refractivity contribution is 7.75. The van der Waals surface area contributed by atoms with Crippen LogP contribution in [0.1, 0.15) is 0 Å². The monoisotopic (exact) mass is 162 g/mol. The zero-order chi connectivity index (χ0) is 7.56. The molecule has 0 aliphatic carbocycles. The van der Waals surface area contributed by atoms with Gasteiger partial charge in [0.05, 0.1) is 0 Å². The number of hydrogen-bond acceptors (Lipinski definition) is 2. The molecule has 0 fully saturated rings. The van der Waals surface area contributed by atoms with Crippen molar-refractivity contribution in [1.82, 2.24) is 0 Å². The molecule has 0 amide bonds. The Morgan fingerprint density at radius 1 is 1.20 bits per heavy atom. The van der Waals surface area contributed by atoms with E-state index in [1.807, 2.05) is 0 Å². The minimum atomic E-state index is -0.755. The lowest BCUT2D eigenvalue weighted by Crippen LogP contribution is -1.86. The number of rotatable bonds is 1. The number of halogens is 2. The first-order valence-electron chi connectivity index (χ1n) is 2.51. The first-order chi connectivity index (χ1) is 4.75. The highest BCUT2D eigenvalue weighted by Crippen LogP contribution is 2.21. The first-order valence-corrected chi connectivity index (χ1v) is 2.87. The molecule has 0 aromatic heterocycles.